The highest BCUT2D eigenvalue weighted by molar-refractivity contribution is 5.75. The van der Waals surface area contributed by atoms with E-state index in [4.69, 9.17) is 5.11 Å². The van der Waals surface area contributed by atoms with Crippen LogP contribution in [0.15, 0.2) is 0 Å². The summed E-state index contributed by atoms with van der Waals surface area (Å²) in [6.45, 7) is 3.08. The molecule has 0 aromatic heterocycles. The van der Waals surface area contributed by atoms with E-state index in [1.807, 2.05) is 6.42 Å². The molecule has 2 N–H and O–H groups in total. The van der Waals surface area contributed by atoms with Gasteiger partial charge in [-0.05, 0) is 6.42 Å². The maximum absolute atomic E-state index is 11.7. The Morgan fingerprint density at radius 1 is 0.880 bits per heavy atom. The molecule has 0 aliphatic heterocycles. The van der Waals surface area contributed by atoms with Crippen LogP contribution in [0.2, 0.25) is 0 Å². The average molecular weight is 357 g/mol. The minimum Gasteiger partial charge on any atom is -0.435 e. The lowest BCUT2D eigenvalue weighted by molar-refractivity contribution is -0.812. The van der Waals surface area contributed by atoms with Gasteiger partial charge in [-0.15, -0.1) is 0 Å². The Kier molecular flexibility index (Phi) is 14.3. The van der Waals surface area contributed by atoms with Crippen LogP contribution in [0.1, 0.15) is 84.0 Å². The summed E-state index contributed by atoms with van der Waals surface area (Å²) in [6.07, 6.45) is 15.6. The number of quaternary nitrogens is 1. The summed E-state index contributed by atoms with van der Waals surface area (Å²) in [6, 6.07) is 0. The normalized spacial score (nSPS) is 11.3. The average Bonchev–Trinajstić information content (AvgIpc) is 2.56. The third-order valence-corrected chi connectivity index (χ3v) is 4.55. The fourth-order valence-corrected chi connectivity index (χ4v) is 2.69. The zero-order valence-corrected chi connectivity index (χ0v) is 16.7. The lowest BCUT2D eigenvalue weighted by Gasteiger charge is -2.17. The summed E-state index contributed by atoms with van der Waals surface area (Å²) in [7, 11) is 3.26. The Balaban J connectivity index is 3.35. The van der Waals surface area contributed by atoms with Gasteiger partial charge in [0, 0.05) is 6.42 Å². The van der Waals surface area contributed by atoms with Crippen molar-refractivity contribution < 1.29 is 19.2 Å². The molecule has 0 saturated carbocycles. The molecule has 0 spiro atoms. The molecule has 5 heteroatoms. The molecule has 0 bridgehead atoms. The number of amides is 2. The number of nitrogens with one attached hydrogen (secondary N) is 1. The zero-order valence-electron chi connectivity index (χ0n) is 16.7. The van der Waals surface area contributed by atoms with Crippen molar-refractivity contribution in [3.05, 3.63) is 6.42 Å². The fourth-order valence-electron chi connectivity index (χ4n) is 2.69. The van der Waals surface area contributed by atoms with E-state index in [-0.39, 0.29) is 10.4 Å². The smallest absolute Gasteiger partial charge is 0.435 e. The molecular weight excluding hydrogens is 316 g/mol. The molecule has 0 aliphatic carbocycles. The number of nitrogens with zero attached hydrogens (tertiary/aromatic N) is 1. The van der Waals surface area contributed by atoms with Crippen LogP contribution in [0.25, 0.3) is 0 Å². The standard InChI is InChI=1S/C20H38N2O3/c1-4-5-6-7-8-9-10-11-12-13-14-16-19(23)21-17-15-18-22(2,3)20(24)25/h15H,4-14,16-18H2,1-3H3/p+2. The van der Waals surface area contributed by atoms with Crippen LogP contribution in [-0.2, 0) is 4.79 Å². The highest BCUT2D eigenvalue weighted by atomic mass is 16.4. The maximum atomic E-state index is 11.7. The van der Waals surface area contributed by atoms with Crippen LogP contribution in [0, 0.1) is 6.42 Å². The van der Waals surface area contributed by atoms with Crippen molar-refractivity contribution in [3.63, 3.8) is 0 Å². The van der Waals surface area contributed by atoms with E-state index < -0.39 is 6.09 Å². The van der Waals surface area contributed by atoms with Crippen molar-refractivity contribution in [2.45, 2.75) is 84.0 Å². The molecule has 2 amide bonds. The summed E-state index contributed by atoms with van der Waals surface area (Å²) in [4.78, 5) is 22.7. The fraction of sp³-hybridized carbons (Fsp3) is 0.850. The summed E-state index contributed by atoms with van der Waals surface area (Å²) in [5.41, 5.74) is 0. The van der Waals surface area contributed by atoms with Gasteiger partial charge in [0.2, 0.25) is 12.5 Å². The number of carbonyl (C=O) groups is 2. The number of carbonyl (C=O) groups excluding carboxylic acids is 1. The van der Waals surface area contributed by atoms with E-state index in [1.54, 1.807) is 14.1 Å². The van der Waals surface area contributed by atoms with Crippen LogP contribution >= 0.6 is 0 Å². The molecule has 0 aromatic carbocycles. The van der Waals surface area contributed by atoms with Gasteiger partial charge in [-0.1, -0.05) is 71.1 Å². The topological polar surface area (TPSA) is 66.4 Å². The molecule has 0 unspecified atom stereocenters. The van der Waals surface area contributed by atoms with Gasteiger partial charge in [0.25, 0.3) is 0 Å². The molecule has 0 rings (SSSR count). The van der Waals surface area contributed by atoms with E-state index in [0.717, 1.165) is 12.8 Å². The van der Waals surface area contributed by atoms with Crippen LogP contribution in [-0.4, -0.2) is 48.8 Å². The number of hydrogen-bond donors (Lipinski definition) is 2. The van der Waals surface area contributed by atoms with Crippen molar-refractivity contribution in [2.24, 2.45) is 0 Å². The van der Waals surface area contributed by atoms with Gasteiger partial charge in [0.05, 0.1) is 14.1 Å². The Labute approximate surface area is 154 Å². The first kappa shape index (κ1) is 23.8. The van der Waals surface area contributed by atoms with E-state index in [0.29, 0.717) is 19.5 Å². The number of unbranched alkanes of at least 4 members (excludes halogenated alkanes) is 10. The summed E-state index contributed by atoms with van der Waals surface area (Å²) in [5, 5.41) is 11.8. The Bertz CT molecular complexity index is 357. The Morgan fingerprint density at radius 2 is 1.36 bits per heavy atom. The SMILES string of the molecule is CCCCCCCCCCCCCC(=O)NC[CH+]C[N+](C)(C)C(=O)O. The molecule has 146 valence electrons. The minimum atomic E-state index is -0.872. The zero-order chi connectivity index (χ0) is 19.0. The van der Waals surface area contributed by atoms with E-state index in [2.05, 4.69) is 12.2 Å². The van der Waals surface area contributed by atoms with E-state index in [9.17, 15) is 9.59 Å². The maximum Gasteiger partial charge on any atom is 0.516 e. The van der Waals surface area contributed by atoms with Crippen LogP contribution in [0.3, 0.4) is 0 Å². The molecule has 0 saturated heterocycles. The van der Waals surface area contributed by atoms with E-state index >= 15 is 0 Å². The first-order valence-corrected chi connectivity index (χ1v) is 10.0. The molecule has 0 atom stereocenters. The summed E-state index contributed by atoms with van der Waals surface area (Å²) in [5.74, 6) is 0.0628. The van der Waals surface area contributed by atoms with Gasteiger partial charge in [0.15, 0.2) is 13.0 Å². The van der Waals surface area contributed by atoms with Gasteiger partial charge < -0.3 is 10.4 Å². The number of hydrogen-bond acceptors (Lipinski definition) is 2. The van der Waals surface area contributed by atoms with Crippen molar-refractivity contribution in [2.75, 3.05) is 27.2 Å². The van der Waals surface area contributed by atoms with Crippen LogP contribution in [0.4, 0.5) is 4.79 Å². The van der Waals surface area contributed by atoms with Gasteiger partial charge in [-0.25, -0.2) is 0 Å². The molecule has 25 heavy (non-hydrogen) atoms. The monoisotopic (exact) mass is 356 g/mol. The number of rotatable bonds is 16. The summed E-state index contributed by atoms with van der Waals surface area (Å²) >= 11 is 0. The lowest BCUT2D eigenvalue weighted by Crippen LogP contribution is -2.46. The molecular formula is C20H40N2O3+2. The van der Waals surface area contributed by atoms with Crippen LogP contribution < -0.4 is 5.32 Å². The van der Waals surface area contributed by atoms with Crippen molar-refractivity contribution in [3.8, 4) is 0 Å². The largest absolute Gasteiger partial charge is 0.516 e. The number of carboxylic acid groups (broad SMARTS) is 1. The van der Waals surface area contributed by atoms with Crippen molar-refractivity contribution in [1.29, 1.82) is 0 Å². The van der Waals surface area contributed by atoms with Gasteiger partial charge >= 0.3 is 6.09 Å². The Morgan fingerprint density at radius 3 is 1.84 bits per heavy atom. The predicted octanol–water partition coefficient (Wildman–Crippen LogP) is 4.76. The van der Waals surface area contributed by atoms with Gasteiger partial charge in [-0.3, -0.25) is 4.79 Å². The quantitative estimate of drug-likeness (QED) is 0.238. The second-order valence-corrected chi connectivity index (χ2v) is 7.53. The molecule has 0 radical (unpaired) electrons. The van der Waals surface area contributed by atoms with Crippen LogP contribution in [0.5, 0.6) is 0 Å². The third kappa shape index (κ3) is 14.8. The van der Waals surface area contributed by atoms with Gasteiger partial charge in [-0.2, -0.15) is 9.28 Å². The first-order chi connectivity index (χ1) is 11.9. The minimum absolute atomic E-state index is 0.0628. The van der Waals surface area contributed by atoms with E-state index in [1.165, 1.54) is 57.8 Å². The molecule has 0 heterocycles. The predicted molar refractivity (Wildman–Crippen MR) is 103 cm³/mol. The molecule has 0 aromatic rings. The Hall–Kier alpha value is -1.23. The second kappa shape index (κ2) is 15.1. The second-order valence-electron chi connectivity index (χ2n) is 7.53. The highest BCUT2D eigenvalue weighted by Crippen LogP contribution is 2.11. The van der Waals surface area contributed by atoms with Gasteiger partial charge in [0.1, 0.15) is 0 Å². The third-order valence-electron chi connectivity index (χ3n) is 4.55. The molecule has 5 nitrogen and oxygen atoms in total. The van der Waals surface area contributed by atoms with Crippen molar-refractivity contribution in [1.82, 2.24) is 5.32 Å². The molecule has 0 aliphatic rings. The highest BCUT2D eigenvalue weighted by Gasteiger charge is 2.29. The van der Waals surface area contributed by atoms with Crippen molar-refractivity contribution >= 4 is 12.0 Å². The molecule has 0 fully saturated rings. The first-order valence-electron chi connectivity index (χ1n) is 10.0. The lowest BCUT2D eigenvalue weighted by atomic mass is 10.1. The summed E-state index contributed by atoms with van der Waals surface area (Å²) < 4.78 is -0.117.